The van der Waals surface area contributed by atoms with Crippen LogP contribution in [0, 0.1) is 0 Å². The molecule has 6 heteroatoms. The third-order valence-corrected chi connectivity index (χ3v) is 3.98. The van der Waals surface area contributed by atoms with Crippen LogP contribution >= 0.6 is 15.9 Å². The van der Waals surface area contributed by atoms with E-state index >= 15 is 0 Å². The van der Waals surface area contributed by atoms with Crippen LogP contribution in [0.1, 0.15) is 42.6 Å². The minimum Gasteiger partial charge on any atom is -0.322 e. The van der Waals surface area contributed by atoms with Crippen LogP contribution in [-0.2, 0) is 16.1 Å². The highest BCUT2D eigenvalue weighted by Crippen LogP contribution is 2.29. The summed E-state index contributed by atoms with van der Waals surface area (Å²) >= 11 is 3.37. The van der Waals surface area contributed by atoms with Crippen LogP contribution in [0.3, 0.4) is 0 Å². The van der Waals surface area contributed by atoms with Crippen LogP contribution in [0.25, 0.3) is 0 Å². The van der Waals surface area contributed by atoms with E-state index in [1.807, 2.05) is 26.0 Å². The molecule has 0 aromatic heterocycles. The lowest BCUT2D eigenvalue weighted by Gasteiger charge is -2.29. The highest BCUT2D eigenvalue weighted by Gasteiger charge is 2.38. The molecule has 1 aromatic rings. The highest BCUT2D eigenvalue weighted by molar-refractivity contribution is 9.10. The summed E-state index contributed by atoms with van der Waals surface area (Å²) in [6, 6.07) is 4.91. The Bertz CT molecular complexity index is 601. The molecule has 5 nitrogen and oxygen atoms in total. The predicted molar refractivity (Wildman–Crippen MR) is 81.5 cm³/mol. The highest BCUT2D eigenvalue weighted by atomic mass is 79.9. The number of fused-ring (bicyclic) bond motifs is 1. The van der Waals surface area contributed by atoms with Crippen molar-refractivity contribution < 1.29 is 14.4 Å². The Kier molecular flexibility index (Phi) is 4.77. The van der Waals surface area contributed by atoms with Crippen molar-refractivity contribution in [3.05, 3.63) is 33.8 Å². The van der Waals surface area contributed by atoms with Crippen LogP contribution in [0.15, 0.2) is 22.7 Å². The monoisotopic (exact) mass is 352 g/mol. The lowest BCUT2D eigenvalue weighted by atomic mass is 10.0. The van der Waals surface area contributed by atoms with Gasteiger partial charge in [0.05, 0.1) is 0 Å². The topological polar surface area (TPSA) is 66.5 Å². The number of hydrogen-bond acceptors (Lipinski definition) is 3. The van der Waals surface area contributed by atoms with Gasteiger partial charge in [0.2, 0.25) is 11.8 Å². The number of rotatable bonds is 1. The molecule has 2 aliphatic heterocycles. The van der Waals surface area contributed by atoms with E-state index in [4.69, 9.17) is 0 Å². The van der Waals surface area contributed by atoms with Gasteiger partial charge >= 0.3 is 0 Å². The number of amides is 3. The van der Waals surface area contributed by atoms with Crippen molar-refractivity contribution in [3.8, 4) is 0 Å². The molecule has 1 atom stereocenters. The first-order chi connectivity index (χ1) is 10.1. The first-order valence-electron chi connectivity index (χ1n) is 6.99. The van der Waals surface area contributed by atoms with Gasteiger partial charge < -0.3 is 4.90 Å². The molecular weight excluding hydrogens is 336 g/mol. The van der Waals surface area contributed by atoms with Crippen molar-refractivity contribution in [2.75, 3.05) is 0 Å². The van der Waals surface area contributed by atoms with Gasteiger partial charge in [0.1, 0.15) is 6.04 Å². The zero-order valence-corrected chi connectivity index (χ0v) is 13.6. The lowest BCUT2D eigenvalue weighted by molar-refractivity contribution is -0.136. The van der Waals surface area contributed by atoms with Crippen LogP contribution in [0.2, 0.25) is 0 Å². The number of piperidine rings is 1. The first-order valence-corrected chi connectivity index (χ1v) is 7.78. The fourth-order valence-electron chi connectivity index (χ4n) is 2.54. The van der Waals surface area contributed by atoms with Crippen molar-refractivity contribution in [3.63, 3.8) is 0 Å². The maximum atomic E-state index is 12.3. The van der Waals surface area contributed by atoms with Crippen molar-refractivity contribution >= 4 is 33.7 Å². The maximum absolute atomic E-state index is 12.3. The van der Waals surface area contributed by atoms with E-state index in [9.17, 15) is 14.4 Å². The molecular formula is C15H17BrN2O3. The Balaban J connectivity index is 0.000000774. The van der Waals surface area contributed by atoms with E-state index in [2.05, 4.69) is 21.2 Å². The quantitative estimate of drug-likeness (QED) is 0.788. The maximum Gasteiger partial charge on any atom is 0.255 e. The van der Waals surface area contributed by atoms with E-state index in [-0.39, 0.29) is 24.1 Å². The third kappa shape index (κ3) is 3.00. The van der Waals surface area contributed by atoms with Crippen LogP contribution < -0.4 is 5.32 Å². The van der Waals surface area contributed by atoms with Crippen LogP contribution in [-0.4, -0.2) is 28.7 Å². The van der Waals surface area contributed by atoms with Crippen LogP contribution in [0.4, 0.5) is 0 Å². The smallest absolute Gasteiger partial charge is 0.255 e. The SMILES string of the molecule is CC.O=C1CCC(N2Cc3cc(Br)ccc3C2=O)C(=O)N1. The van der Waals surface area contributed by atoms with E-state index in [0.29, 0.717) is 18.5 Å². The normalized spacial score (nSPS) is 20.6. The third-order valence-electron chi connectivity index (χ3n) is 3.49. The summed E-state index contributed by atoms with van der Waals surface area (Å²) in [5.74, 6) is -0.790. The average Bonchev–Trinajstić information content (AvgIpc) is 2.77. The van der Waals surface area contributed by atoms with Gasteiger partial charge in [-0.1, -0.05) is 29.8 Å². The molecule has 0 spiro atoms. The van der Waals surface area contributed by atoms with Crippen molar-refractivity contribution in [1.29, 1.82) is 0 Å². The van der Waals surface area contributed by atoms with E-state index in [1.54, 1.807) is 11.0 Å². The summed E-state index contributed by atoms with van der Waals surface area (Å²) in [5, 5.41) is 2.28. The lowest BCUT2D eigenvalue weighted by Crippen LogP contribution is -2.52. The molecule has 2 heterocycles. The zero-order chi connectivity index (χ0) is 15.6. The molecule has 1 unspecified atom stereocenters. The molecule has 2 aliphatic rings. The molecule has 1 saturated heterocycles. The predicted octanol–water partition coefficient (Wildman–Crippen LogP) is 2.24. The number of nitrogens with one attached hydrogen (secondary N) is 1. The van der Waals surface area contributed by atoms with E-state index < -0.39 is 6.04 Å². The Morgan fingerprint density at radius 1 is 1.24 bits per heavy atom. The molecule has 1 N–H and O–H groups in total. The van der Waals surface area contributed by atoms with Gasteiger partial charge in [-0.3, -0.25) is 19.7 Å². The van der Waals surface area contributed by atoms with Gasteiger partial charge in [0.25, 0.3) is 5.91 Å². The van der Waals surface area contributed by atoms with Gasteiger partial charge in [-0.15, -0.1) is 0 Å². The number of imide groups is 1. The largest absolute Gasteiger partial charge is 0.322 e. The molecule has 0 bridgehead atoms. The Morgan fingerprint density at radius 3 is 2.62 bits per heavy atom. The summed E-state index contributed by atoms with van der Waals surface area (Å²) in [5.41, 5.74) is 1.54. The number of carbonyl (C=O) groups is 3. The van der Waals surface area contributed by atoms with Gasteiger partial charge in [-0.25, -0.2) is 0 Å². The number of nitrogens with zero attached hydrogens (tertiary/aromatic N) is 1. The second-order valence-corrected chi connectivity index (χ2v) is 5.62. The molecule has 3 amide bonds. The summed E-state index contributed by atoms with van der Waals surface area (Å²) in [6.45, 7) is 4.42. The number of benzene rings is 1. The number of carbonyl (C=O) groups excluding carboxylic acids is 3. The summed E-state index contributed by atoms with van der Waals surface area (Å²) < 4.78 is 0.907. The second-order valence-electron chi connectivity index (χ2n) is 4.70. The molecule has 21 heavy (non-hydrogen) atoms. The number of halogens is 1. The molecule has 3 rings (SSSR count). The first kappa shape index (κ1) is 15.7. The number of hydrogen-bond donors (Lipinski definition) is 1. The van der Waals surface area contributed by atoms with Gasteiger partial charge in [-0.05, 0) is 30.2 Å². The fraction of sp³-hybridized carbons (Fsp3) is 0.400. The second kappa shape index (κ2) is 6.39. The molecule has 0 saturated carbocycles. The summed E-state index contributed by atoms with van der Waals surface area (Å²) in [7, 11) is 0. The van der Waals surface area contributed by atoms with Crippen molar-refractivity contribution in [2.24, 2.45) is 0 Å². The minimum absolute atomic E-state index is 0.142. The minimum atomic E-state index is -0.545. The molecule has 1 fully saturated rings. The van der Waals surface area contributed by atoms with E-state index in [1.165, 1.54) is 0 Å². The van der Waals surface area contributed by atoms with Crippen LogP contribution in [0.5, 0.6) is 0 Å². The molecule has 0 aliphatic carbocycles. The Hall–Kier alpha value is -1.69. The van der Waals surface area contributed by atoms with E-state index in [0.717, 1.165) is 10.0 Å². The summed E-state index contributed by atoms with van der Waals surface area (Å²) in [4.78, 5) is 36.8. The molecule has 1 aromatic carbocycles. The molecule has 112 valence electrons. The molecule has 0 radical (unpaired) electrons. The standard InChI is InChI=1S/C13H11BrN2O3.C2H6/c14-8-1-2-9-7(5-8)6-16(13(9)19)10-3-4-11(17)15-12(10)18;1-2/h1-2,5,10H,3-4,6H2,(H,15,17,18);1-2H3. The van der Waals surface area contributed by atoms with Crippen molar-refractivity contribution in [1.82, 2.24) is 10.2 Å². The summed E-state index contributed by atoms with van der Waals surface area (Å²) in [6.07, 6.45) is 0.672. The fourth-order valence-corrected chi connectivity index (χ4v) is 2.95. The van der Waals surface area contributed by atoms with Crippen molar-refractivity contribution in [2.45, 2.75) is 39.3 Å². The van der Waals surface area contributed by atoms with Gasteiger partial charge in [0, 0.05) is 23.0 Å². The average molecular weight is 353 g/mol. The zero-order valence-electron chi connectivity index (χ0n) is 12.0. The Morgan fingerprint density at radius 2 is 1.95 bits per heavy atom. The van der Waals surface area contributed by atoms with Gasteiger partial charge in [-0.2, -0.15) is 0 Å². The Labute approximate surface area is 131 Å². The van der Waals surface area contributed by atoms with Gasteiger partial charge in [0.15, 0.2) is 0 Å².